The van der Waals surface area contributed by atoms with E-state index in [0.717, 1.165) is 27.5 Å². The molecule has 1 N–H and O–H groups in total. The molecule has 1 heterocycles. The van der Waals surface area contributed by atoms with Gasteiger partial charge >= 0.3 is 6.36 Å². The number of hydrogen-bond acceptors (Lipinski definition) is 5. The summed E-state index contributed by atoms with van der Waals surface area (Å²) in [4.78, 5) is 17.7. The zero-order valence-corrected chi connectivity index (χ0v) is 16.5. The highest BCUT2D eigenvalue weighted by Crippen LogP contribution is 2.31. The van der Waals surface area contributed by atoms with Crippen LogP contribution in [0.15, 0.2) is 46.3 Å². The van der Waals surface area contributed by atoms with Crippen molar-refractivity contribution in [2.45, 2.75) is 18.2 Å². The van der Waals surface area contributed by atoms with Crippen LogP contribution in [-0.4, -0.2) is 21.8 Å². The van der Waals surface area contributed by atoms with Gasteiger partial charge < -0.3 is 4.74 Å². The highest BCUT2D eigenvalue weighted by atomic mass is 35.5. The summed E-state index contributed by atoms with van der Waals surface area (Å²) in [6.07, 6.45) is -3.72. The van der Waals surface area contributed by atoms with Gasteiger partial charge in [0.05, 0.1) is 21.6 Å². The molecule has 11 heteroatoms. The third-order valence-electron chi connectivity index (χ3n) is 3.50. The Morgan fingerprint density at radius 2 is 2.00 bits per heavy atom. The molecule has 148 valence electrons. The molecule has 0 radical (unpaired) electrons. The molecule has 0 atom stereocenters. The Hall–Kier alpha value is -2.10. The Bertz CT molecular complexity index is 1090. The van der Waals surface area contributed by atoms with Crippen LogP contribution >= 0.6 is 35.0 Å². The summed E-state index contributed by atoms with van der Waals surface area (Å²) >= 11 is 13.5. The van der Waals surface area contributed by atoms with Gasteiger partial charge in [0, 0.05) is 16.0 Å². The van der Waals surface area contributed by atoms with E-state index in [1.54, 1.807) is 18.2 Å². The lowest BCUT2D eigenvalue weighted by Gasteiger charge is -2.14. The number of thioether (sulfide) groups is 1. The van der Waals surface area contributed by atoms with Crippen LogP contribution in [0.4, 0.5) is 18.9 Å². The molecular weight excluding hydrogens is 438 g/mol. The van der Waals surface area contributed by atoms with Gasteiger partial charge in [-0.15, -0.1) is 24.9 Å². The van der Waals surface area contributed by atoms with E-state index in [9.17, 15) is 18.0 Å². The monoisotopic (exact) mass is 449 g/mol. The molecule has 1 aromatic heterocycles. The number of alkyl halides is 3. The maximum Gasteiger partial charge on any atom is 0.573 e. The third-order valence-corrected chi connectivity index (χ3v) is 4.98. The number of ether oxygens (including phenoxy) is 1. The Morgan fingerprint density at radius 1 is 1.25 bits per heavy atom. The van der Waals surface area contributed by atoms with E-state index in [4.69, 9.17) is 23.2 Å². The number of nitrogens with zero attached hydrogens (tertiary/aromatic N) is 2. The van der Waals surface area contributed by atoms with Crippen molar-refractivity contribution in [3.8, 4) is 5.75 Å². The summed E-state index contributed by atoms with van der Waals surface area (Å²) in [5, 5.41) is 0.188. The van der Waals surface area contributed by atoms with Crippen molar-refractivity contribution in [3.05, 3.63) is 57.1 Å². The SMILES string of the molecule is CCSc1ccc(Cl)cc1Nn1cnc2c(Cl)cc(OC(F)(F)F)cc2c1=O. The van der Waals surface area contributed by atoms with E-state index in [0.29, 0.717) is 10.7 Å². The zero-order chi connectivity index (χ0) is 20.5. The maximum absolute atomic E-state index is 12.8. The molecule has 0 aliphatic heterocycles. The van der Waals surface area contributed by atoms with Crippen molar-refractivity contribution in [1.82, 2.24) is 9.66 Å². The molecule has 0 aliphatic rings. The summed E-state index contributed by atoms with van der Waals surface area (Å²) in [6.45, 7) is 1.97. The van der Waals surface area contributed by atoms with E-state index in [1.807, 2.05) is 6.92 Å². The molecule has 5 nitrogen and oxygen atoms in total. The standard InChI is InChI=1S/C17H12Cl2F3N3O2S/c1-2-28-14-4-3-9(18)5-13(14)24-25-8-23-15-11(16(25)26)6-10(7-12(15)19)27-17(20,21)22/h3-8,24H,2H2,1H3. The Labute approximate surface area is 171 Å². The summed E-state index contributed by atoms with van der Waals surface area (Å²) in [5.74, 6) is 0.182. The zero-order valence-electron chi connectivity index (χ0n) is 14.2. The van der Waals surface area contributed by atoms with Gasteiger partial charge in [0.2, 0.25) is 0 Å². The first kappa shape index (κ1) is 20.6. The van der Waals surface area contributed by atoms with Crippen LogP contribution in [0.5, 0.6) is 5.75 Å². The summed E-state index contributed by atoms with van der Waals surface area (Å²) in [7, 11) is 0. The van der Waals surface area contributed by atoms with Gasteiger partial charge in [-0.2, -0.15) is 0 Å². The van der Waals surface area contributed by atoms with Crippen LogP contribution in [0.25, 0.3) is 10.9 Å². The Morgan fingerprint density at radius 3 is 2.68 bits per heavy atom. The largest absolute Gasteiger partial charge is 0.573 e. The molecule has 0 amide bonds. The molecule has 0 fully saturated rings. The van der Waals surface area contributed by atoms with Crippen LogP contribution in [0.1, 0.15) is 6.92 Å². The number of aromatic nitrogens is 2. The molecule has 0 spiro atoms. The second-order valence-corrected chi connectivity index (χ2v) is 7.60. The molecule has 0 saturated heterocycles. The number of anilines is 1. The summed E-state index contributed by atoms with van der Waals surface area (Å²) < 4.78 is 42.4. The highest BCUT2D eigenvalue weighted by molar-refractivity contribution is 7.99. The lowest BCUT2D eigenvalue weighted by Crippen LogP contribution is -2.27. The molecule has 0 unspecified atom stereocenters. The first-order valence-electron chi connectivity index (χ1n) is 7.84. The average Bonchev–Trinajstić information content (AvgIpc) is 2.59. The van der Waals surface area contributed by atoms with E-state index in [1.165, 1.54) is 18.1 Å². The van der Waals surface area contributed by atoms with Crippen LogP contribution in [0.3, 0.4) is 0 Å². The van der Waals surface area contributed by atoms with Crippen molar-refractivity contribution in [3.63, 3.8) is 0 Å². The van der Waals surface area contributed by atoms with Crippen LogP contribution in [-0.2, 0) is 0 Å². The fourth-order valence-corrected chi connectivity index (χ4v) is 3.60. The van der Waals surface area contributed by atoms with Crippen LogP contribution < -0.4 is 15.7 Å². The number of hydrogen-bond donors (Lipinski definition) is 1. The summed E-state index contributed by atoms with van der Waals surface area (Å²) in [6, 6.07) is 7.04. The van der Waals surface area contributed by atoms with Crippen molar-refractivity contribution < 1.29 is 17.9 Å². The maximum atomic E-state index is 12.8. The van der Waals surface area contributed by atoms with Crippen molar-refractivity contribution in [2.75, 3.05) is 11.2 Å². The highest BCUT2D eigenvalue weighted by Gasteiger charge is 2.31. The number of halogens is 5. The van der Waals surface area contributed by atoms with E-state index in [2.05, 4.69) is 15.1 Å². The molecule has 0 saturated carbocycles. The minimum Gasteiger partial charge on any atom is -0.406 e. The number of benzene rings is 2. The van der Waals surface area contributed by atoms with Gasteiger partial charge in [-0.3, -0.25) is 10.2 Å². The quantitative estimate of drug-likeness (QED) is 0.514. The first-order valence-corrected chi connectivity index (χ1v) is 9.58. The van der Waals surface area contributed by atoms with Gasteiger partial charge in [-0.1, -0.05) is 30.1 Å². The topological polar surface area (TPSA) is 56.1 Å². The van der Waals surface area contributed by atoms with Crippen LogP contribution in [0.2, 0.25) is 10.0 Å². The molecule has 28 heavy (non-hydrogen) atoms. The minimum absolute atomic E-state index is 0.0634. The van der Waals surface area contributed by atoms with Gasteiger partial charge in [0.1, 0.15) is 12.1 Å². The minimum atomic E-state index is -4.91. The Balaban J connectivity index is 2.07. The first-order chi connectivity index (χ1) is 13.2. The van der Waals surface area contributed by atoms with Crippen molar-refractivity contribution in [2.24, 2.45) is 0 Å². The van der Waals surface area contributed by atoms with Gasteiger partial charge in [0.15, 0.2) is 0 Å². The number of nitrogens with one attached hydrogen (secondary N) is 1. The van der Waals surface area contributed by atoms with E-state index in [-0.39, 0.29) is 15.9 Å². The molecule has 2 aromatic carbocycles. The third kappa shape index (κ3) is 4.65. The number of fused-ring (bicyclic) bond motifs is 1. The van der Waals surface area contributed by atoms with Crippen LogP contribution in [0, 0.1) is 0 Å². The lowest BCUT2D eigenvalue weighted by molar-refractivity contribution is -0.274. The Kier molecular flexibility index (Phi) is 5.97. The molecule has 0 aliphatic carbocycles. The predicted molar refractivity (Wildman–Crippen MR) is 105 cm³/mol. The van der Waals surface area contributed by atoms with Crippen molar-refractivity contribution in [1.29, 1.82) is 0 Å². The van der Waals surface area contributed by atoms with Gasteiger partial charge in [-0.25, -0.2) is 9.66 Å². The second-order valence-electron chi connectivity index (χ2n) is 5.45. The van der Waals surface area contributed by atoms with E-state index >= 15 is 0 Å². The average molecular weight is 450 g/mol. The molecule has 0 bridgehead atoms. The smallest absolute Gasteiger partial charge is 0.406 e. The van der Waals surface area contributed by atoms with Gasteiger partial charge in [-0.05, 0) is 30.0 Å². The fourth-order valence-electron chi connectivity index (χ4n) is 2.44. The molecular formula is C17H12Cl2F3N3O2S. The second kappa shape index (κ2) is 8.10. The lowest BCUT2D eigenvalue weighted by atomic mass is 10.2. The van der Waals surface area contributed by atoms with Crippen molar-refractivity contribution >= 4 is 51.6 Å². The summed E-state index contributed by atoms with van der Waals surface area (Å²) in [5.41, 5.74) is 2.85. The van der Waals surface area contributed by atoms with E-state index < -0.39 is 17.7 Å². The normalized spacial score (nSPS) is 11.6. The van der Waals surface area contributed by atoms with Gasteiger partial charge in [0.25, 0.3) is 5.56 Å². The predicted octanol–water partition coefficient (Wildman–Crippen LogP) is 5.59. The molecule has 3 rings (SSSR count). The molecule has 3 aromatic rings. The number of rotatable bonds is 5. The fraction of sp³-hybridized carbons (Fsp3) is 0.176.